The van der Waals surface area contributed by atoms with Crippen molar-refractivity contribution in [3.63, 3.8) is 0 Å². The molecule has 0 amide bonds. The Morgan fingerprint density at radius 3 is 2.64 bits per heavy atom. The summed E-state index contributed by atoms with van der Waals surface area (Å²) < 4.78 is 0. The first-order valence-corrected chi connectivity index (χ1v) is 6.03. The normalized spacial score (nSPS) is 38.8. The van der Waals surface area contributed by atoms with Gasteiger partial charge in [0.1, 0.15) is 0 Å². The van der Waals surface area contributed by atoms with Crippen molar-refractivity contribution in [3.8, 4) is 0 Å². The standard InChI is InChI=1S/C12H22N2/c13-11-7-5-10(6-8-11)12-4-2-1-3-9-14-12/h3,9-12,14H,1-2,4-8,13H2. The van der Waals surface area contributed by atoms with Crippen molar-refractivity contribution in [3.05, 3.63) is 12.3 Å². The monoisotopic (exact) mass is 194 g/mol. The summed E-state index contributed by atoms with van der Waals surface area (Å²) in [5, 5.41) is 3.54. The Morgan fingerprint density at radius 1 is 1.07 bits per heavy atom. The fourth-order valence-electron chi connectivity index (χ4n) is 2.73. The molecule has 0 aromatic rings. The Morgan fingerprint density at radius 2 is 1.86 bits per heavy atom. The maximum absolute atomic E-state index is 5.92. The molecule has 3 N–H and O–H groups in total. The smallest absolute Gasteiger partial charge is 0.0284 e. The summed E-state index contributed by atoms with van der Waals surface area (Å²) in [6.07, 6.45) is 13.5. The van der Waals surface area contributed by atoms with Crippen LogP contribution < -0.4 is 11.1 Å². The molecule has 0 aromatic carbocycles. The van der Waals surface area contributed by atoms with Crippen molar-refractivity contribution in [1.29, 1.82) is 0 Å². The van der Waals surface area contributed by atoms with E-state index in [0.29, 0.717) is 6.04 Å². The predicted molar refractivity (Wildman–Crippen MR) is 59.8 cm³/mol. The van der Waals surface area contributed by atoms with Crippen molar-refractivity contribution < 1.29 is 0 Å². The van der Waals surface area contributed by atoms with Gasteiger partial charge in [-0.3, -0.25) is 0 Å². The van der Waals surface area contributed by atoms with E-state index < -0.39 is 0 Å². The predicted octanol–water partition coefficient (Wildman–Crippen LogP) is 2.16. The van der Waals surface area contributed by atoms with E-state index in [1.165, 1.54) is 44.9 Å². The van der Waals surface area contributed by atoms with Gasteiger partial charge in [-0.05, 0) is 57.1 Å². The zero-order valence-electron chi connectivity index (χ0n) is 8.91. The average molecular weight is 194 g/mol. The first-order chi connectivity index (χ1) is 6.86. The molecule has 1 fully saturated rings. The molecular weight excluding hydrogens is 172 g/mol. The molecule has 1 heterocycles. The van der Waals surface area contributed by atoms with E-state index in [1.54, 1.807) is 0 Å². The lowest BCUT2D eigenvalue weighted by molar-refractivity contribution is 0.256. The number of hydrogen-bond acceptors (Lipinski definition) is 2. The number of rotatable bonds is 1. The molecule has 1 unspecified atom stereocenters. The van der Waals surface area contributed by atoms with Gasteiger partial charge in [-0.1, -0.05) is 6.08 Å². The summed E-state index contributed by atoms with van der Waals surface area (Å²) in [5.41, 5.74) is 5.92. The number of nitrogens with one attached hydrogen (secondary N) is 1. The minimum Gasteiger partial charge on any atom is -0.388 e. The van der Waals surface area contributed by atoms with Crippen molar-refractivity contribution in [1.82, 2.24) is 5.32 Å². The lowest BCUT2D eigenvalue weighted by Crippen LogP contribution is -2.37. The zero-order chi connectivity index (χ0) is 9.80. The van der Waals surface area contributed by atoms with Crippen LogP contribution in [0.5, 0.6) is 0 Å². The van der Waals surface area contributed by atoms with Crippen LogP contribution >= 0.6 is 0 Å². The van der Waals surface area contributed by atoms with Gasteiger partial charge in [-0.15, -0.1) is 0 Å². The van der Waals surface area contributed by atoms with Gasteiger partial charge in [-0.25, -0.2) is 0 Å². The molecule has 0 saturated heterocycles. The second kappa shape index (κ2) is 4.83. The molecule has 1 aliphatic heterocycles. The molecule has 2 nitrogen and oxygen atoms in total. The van der Waals surface area contributed by atoms with E-state index in [-0.39, 0.29) is 0 Å². The van der Waals surface area contributed by atoms with E-state index in [1.807, 2.05) is 0 Å². The molecule has 0 bridgehead atoms. The Kier molecular flexibility index (Phi) is 3.46. The fraction of sp³-hybridized carbons (Fsp3) is 0.833. The van der Waals surface area contributed by atoms with Crippen molar-refractivity contribution in [2.24, 2.45) is 11.7 Å². The van der Waals surface area contributed by atoms with Gasteiger partial charge in [-0.2, -0.15) is 0 Å². The van der Waals surface area contributed by atoms with Crippen LogP contribution in [0.2, 0.25) is 0 Å². The third-order valence-electron chi connectivity index (χ3n) is 3.70. The number of hydrogen-bond donors (Lipinski definition) is 2. The fourth-order valence-corrected chi connectivity index (χ4v) is 2.73. The Balaban J connectivity index is 1.84. The highest BCUT2D eigenvalue weighted by Crippen LogP contribution is 2.28. The van der Waals surface area contributed by atoms with Crippen LogP contribution in [0, 0.1) is 5.92 Å². The summed E-state index contributed by atoms with van der Waals surface area (Å²) in [5.74, 6) is 0.873. The molecule has 14 heavy (non-hydrogen) atoms. The molecule has 0 radical (unpaired) electrons. The molecule has 2 rings (SSSR count). The van der Waals surface area contributed by atoms with Crippen LogP contribution in [0.4, 0.5) is 0 Å². The molecule has 1 atom stereocenters. The lowest BCUT2D eigenvalue weighted by atomic mass is 9.80. The number of nitrogens with two attached hydrogens (primary N) is 1. The van der Waals surface area contributed by atoms with Crippen molar-refractivity contribution >= 4 is 0 Å². The van der Waals surface area contributed by atoms with Gasteiger partial charge >= 0.3 is 0 Å². The van der Waals surface area contributed by atoms with Crippen LogP contribution in [0.3, 0.4) is 0 Å². The van der Waals surface area contributed by atoms with Gasteiger partial charge in [0.25, 0.3) is 0 Å². The Bertz CT molecular complexity index is 192. The molecule has 80 valence electrons. The highest BCUT2D eigenvalue weighted by molar-refractivity contribution is 4.91. The van der Waals surface area contributed by atoms with E-state index in [2.05, 4.69) is 17.6 Å². The maximum Gasteiger partial charge on any atom is 0.0284 e. The summed E-state index contributed by atoms with van der Waals surface area (Å²) in [7, 11) is 0. The van der Waals surface area contributed by atoms with Gasteiger partial charge in [0.05, 0.1) is 0 Å². The van der Waals surface area contributed by atoms with E-state index in [9.17, 15) is 0 Å². The molecule has 0 aromatic heterocycles. The average Bonchev–Trinajstić information content (AvgIpc) is 2.47. The molecule has 1 saturated carbocycles. The molecule has 0 spiro atoms. The quantitative estimate of drug-likeness (QED) is 0.671. The third kappa shape index (κ3) is 2.50. The molecule has 1 aliphatic carbocycles. The second-order valence-corrected chi connectivity index (χ2v) is 4.78. The van der Waals surface area contributed by atoms with Crippen molar-refractivity contribution in [2.45, 2.75) is 57.0 Å². The van der Waals surface area contributed by atoms with Gasteiger partial charge in [0.2, 0.25) is 0 Å². The van der Waals surface area contributed by atoms with Crippen molar-refractivity contribution in [2.75, 3.05) is 0 Å². The zero-order valence-corrected chi connectivity index (χ0v) is 8.91. The van der Waals surface area contributed by atoms with E-state index in [4.69, 9.17) is 5.73 Å². The van der Waals surface area contributed by atoms with E-state index in [0.717, 1.165) is 12.0 Å². The summed E-state index contributed by atoms with van der Waals surface area (Å²) in [6, 6.07) is 1.20. The Labute approximate surface area is 86.9 Å². The lowest BCUT2D eigenvalue weighted by Gasteiger charge is -2.32. The van der Waals surface area contributed by atoms with Crippen LogP contribution in [-0.2, 0) is 0 Å². The third-order valence-corrected chi connectivity index (χ3v) is 3.70. The second-order valence-electron chi connectivity index (χ2n) is 4.78. The molecule has 2 aliphatic rings. The highest BCUT2D eigenvalue weighted by atomic mass is 14.9. The van der Waals surface area contributed by atoms with Crippen LogP contribution in [-0.4, -0.2) is 12.1 Å². The van der Waals surface area contributed by atoms with Crippen LogP contribution in [0.1, 0.15) is 44.9 Å². The van der Waals surface area contributed by atoms with Gasteiger partial charge in [0.15, 0.2) is 0 Å². The molecular formula is C12H22N2. The van der Waals surface area contributed by atoms with Crippen LogP contribution in [0.15, 0.2) is 12.3 Å². The van der Waals surface area contributed by atoms with E-state index >= 15 is 0 Å². The Hall–Kier alpha value is -0.500. The SMILES string of the molecule is NC1CCC(C2CCCC=CN2)CC1. The first-order valence-electron chi connectivity index (χ1n) is 6.03. The number of allylic oxidation sites excluding steroid dienone is 1. The summed E-state index contributed by atoms with van der Waals surface area (Å²) in [6.45, 7) is 0. The summed E-state index contributed by atoms with van der Waals surface area (Å²) >= 11 is 0. The summed E-state index contributed by atoms with van der Waals surface area (Å²) in [4.78, 5) is 0. The maximum atomic E-state index is 5.92. The first kappa shape index (κ1) is 10.0. The topological polar surface area (TPSA) is 38.0 Å². The minimum absolute atomic E-state index is 0.479. The largest absolute Gasteiger partial charge is 0.388 e. The molecule has 2 heteroatoms. The minimum atomic E-state index is 0.479. The van der Waals surface area contributed by atoms with Crippen LogP contribution in [0.25, 0.3) is 0 Å². The van der Waals surface area contributed by atoms with Gasteiger partial charge in [0, 0.05) is 12.1 Å². The highest BCUT2D eigenvalue weighted by Gasteiger charge is 2.25. The van der Waals surface area contributed by atoms with Gasteiger partial charge < -0.3 is 11.1 Å².